The molecule has 15 heavy (non-hydrogen) atoms. The van der Waals surface area contributed by atoms with Crippen LogP contribution in [0.25, 0.3) is 0 Å². The molecule has 0 atom stereocenters. The number of esters is 1. The summed E-state index contributed by atoms with van der Waals surface area (Å²) < 4.78 is 9.73. The van der Waals surface area contributed by atoms with Crippen LogP contribution in [0.15, 0.2) is 10.7 Å². The van der Waals surface area contributed by atoms with Crippen LogP contribution in [0, 0.1) is 12.3 Å². The van der Waals surface area contributed by atoms with E-state index in [-0.39, 0.29) is 11.7 Å². The molecule has 0 saturated carbocycles. The minimum Gasteiger partial charge on any atom is -0.461 e. The molecule has 5 nitrogen and oxygen atoms in total. The molecule has 0 fully saturated rings. The van der Waals surface area contributed by atoms with Crippen LogP contribution in [0.2, 0.25) is 0 Å². The summed E-state index contributed by atoms with van der Waals surface area (Å²) in [6, 6.07) is 0.272. The zero-order valence-corrected chi connectivity index (χ0v) is 8.45. The number of nitrogens with zero attached hydrogens (tertiary/aromatic N) is 1. The highest BCUT2D eigenvalue weighted by atomic mass is 16.5. The third-order valence-corrected chi connectivity index (χ3v) is 1.53. The predicted octanol–water partition coefficient (Wildman–Crippen LogP) is 1.29. The number of rotatable bonds is 5. The molecule has 1 rings (SSSR count). The van der Waals surface area contributed by atoms with Gasteiger partial charge in [-0.2, -0.15) is 4.98 Å². The summed E-state index contributed by atoms with van der Waals surface area (Å²) in [6.45, 7) is 2.59. The van der Waals surface area contributed by atoms with Crippen LogP contribution >= 0.6 is 0 Å². The fourth-order valence-electron chi connectivity index (χ4n) is 0.895. The van der Waals surface area contributed by atoms with Crippen LogP contribution in [0.1, 0.15) is 23.8 Å². The molecule has 80 valence electrons. The number of anilines is 1. The molecule has 0 aliphatic carbocycles. The van der Waals surface area contributed by atoms with Crippen LogP contribution in [0.5, 0.6) is 0 Å². The van der Waals surface area contributed by atoms with Gasteiger partial charge in [0, 0.05) is 13.0 Å². The maximum atomic E-state index is 11.2. The number of ether oxygens (including phenoxy) is 1. The van der Waals surface area contributed by atoms with E-state index in [1.54, 1.807) is 6.92 Å². The Labute approximate surface area is 87.8 Å². The molecule has 1 N–H and O–H groups in total. The largest absolute Gasteiger partial charge is 0.461 e. The third kappa shape index (κ3) is 3.35. The zero-order valence-electron chi connectivity index (χ0n) is 8.45. The van der Waals surface area contributed by atoms with Crippen LogP contribution in [0.3, 0.4) is 0 Å². The van der Waals surface area contributed by atoms with Gasteiger partial charge in [-0.25, -0.2) is 4.79 Å². The Hall–Kier alpha value is -1.96. The number of aromatic nitrogens is 1. The molecule has 0 amide bonds. The van der Waals surface area contributed by atoms with Crippen LogP contribution in [-0.4, -0.2) is 24.1 Å². The molecule has 5 heteroatoms. The Morgan fingerprint density at radius 3 is 3.27 bits per heavy atom. The van der Waals surface area contributed by atoms with E-state index in [9.17, 15) is 4.79 Å². The molecule has 0 aliphatic heterocycles. The van der Waals surface area contributed by atoms with Crippen molar-refractivity contribution in [2.45, 2.75) is 13.3 Å². The summed E-state index contributed by atoms with van der Waals surface area (Å²) in [5, 5.41) is 2.83. The van der Waals surface area contributed by atoms with Gasteiger partial charge in [0.2, 0.25) is 0 Å². The van der Waals surface area contributed by atoms with Crippen molar-refractivity contribution in [3.8, 4) is 12.3 Å². The van der Waals surface area contributed by atoms with E-state index in [1.165, 1.54) is 6.26 Å². The Balaban J connectivity index is 2.49. The Morgan fingerprint density at radius 1 is 1.80 bits per heavy atom. The quantitative estimate of drug-likeness (QED) is 0.448. The molecule has 1 aromatic rings. The molecule has 0 aromatic carbocycles. The maximum Gasteiger partial charge on any atom is 0.360 e. The number of carbonyl (C=O) groups excluding carboxylic acids is 1. The van der Waals surface area contributed by atoms with Crippen molar-refractivity contribution < 1.29 is 13.9 Å². The van der Waals surface area contributed by atoms with Crippen molar-refractivity contribution in [3.05, 3.63) is 12.0 Å². The minimum atomic E-state index is -0.494. The smallest absolute Gasteiger partial charge is 0.360 e. The summed E-state index contributed by atoms with van der Waals surface area (Å²) in [5.41, 5.74) is 0.153. The first kappa shape index (κ1) is 11.1. The highest BCUT2D eigenvalue weighted by molar-refractivity contribution is 5.87. The van der Waals surface area contributed by atoms with Gasteiger partial charge in [-0.05, 0) is 6.92 Å². The number of oxazole rings is 1. The van der Waals surface area contributed by atoms with Crippen LogP contribution in [0.4, 0.5) is 6.01 Å². The van der Waals surface area contributed by atoms with Gasteiger partial charge < -0.3 is 14.5 Å². The fourth-order valence-corrected chi connectivity index (χ4v) is 0.895. The van der Waals surface area contributed by atoms with E-state index in [1.807, 2.05) is 0 Å². The lowest BCUT2D eigenvalue weighted by Gasteiger charge is -1.96. The summed E-state index contributed by atoms with van der Waals surface area (Å²) in [6.07, 6.45) is 6.88. The van der Waals surface area contributed by atoms with Crippen molar-refractivity contribution in [1.29, 1.82) is 0 Å². The maximum absolute atomic E-state index is 11.2. The zero-order chi connectivity index (χ0) is 11.1. The Morgan fingerprint density at radius 2 is 2.60 bits per heavy atom. The van der Waals surface area contributed by atoms with Crippen LogP contribution < -0.4 is 5.32 Å². The molecule has 0 spiro atoms. The molecule has 1 heterocycles. The second kappa shape index (κ2) is 5.70. The van der Waals surface area contributed by atoms with Gasteiger partial charge in [-0.3, -0.25) is 0 Å². The van der Waals surface area contributed by atoms with Gasteiger partial charge in [0.1, 0.15) is 6.26 Å². The fraction of sp³-hybridized carbons (Fsp3) is 0.400. The van der Waals surface area contributed by atoms with Crippen molar-refractivity contribution >= 4 is 12.0 Å². The SMILES string of the molecule is C#CCCNc1nc(C(=O)OCC)co1. The summed E-state index contributed by atoms with van der Waals surface area (Å²) >= 11 is 0. The highest BCUT2D eigenvalue weighted by Crippen LogP contribution is 2.08. The molecular weight excluding hydrogens is 196 g/mol. The molecule has 0 bridgehead atoms. The number of hydrogen-bond donors (Lipinski definition) is 1. The van der Waals surface area contributed by atoms with Crippen molar-refractivity contribution in [2.75, 3.05) is 18.5 Å². The molecule has 1 aromatic heterocycles. The molecule has 0 radical (unpaired) electrons. The first-order valence-corrected chi connectivity index (χ1v) is 4.58. The first-order chi connectivity index (χ1) is 7.27. The second-order valence-corrected chi connectivity index (χ2v) is 2.64. The van der Waals surface area contributed by atoms with Crippen LogP contribution in [-0.2, 0) is 4.74 Å². The van der Waals surface area contributed by atoms with E-state index in [4.69, 9.17) is 15.6 Å². The standard InChI is InChI=1S/C10H12N2O3/c1-3-5-6-11-10-12-8(7-15-10)9(13)14-4-2/h1,7H,4-6H2,2H3,(H,11,12). The average molecular weight is 208 g/mol. The van der Waals surface area contributed by atoms with Gasteiger partial charge >= 0.3 is 5.97 Å². The summed E-state index contributed by atoms with van der Waals surface area (Å²) in [7, 11) is 0. The van der Waals surface area contributed by atoms with Gasteiger partial charge in [-0.15, -0.1) is 12.3 Å². The second-order valence-electron chi connectivity index (χ2n) is 2.64. The highest BCUT2D eigenvalue weighted by Gasteiger charge is 2.12. The number of nitrogens with one attached hydrogen (secondary N) is 1. The molecule has 0 saturated heterocycles. The average Bonchev–Trinajstić information content (AvgIpc) is 2.67. The molecule has 0 aliphatic rings. The van der Waals surface area contributed by atoms with E-state index in [0.29, 0.717) is 19.6 Å². The molecule has 0 unspecified atom stereocenters. The topological polar surface area (TPSA) is 64.4 Å². The lowest BCUT2D eigenvalue weighted by Crippen LogP contribution is -2.06. The minimum absolute atomic E-state index is 0.153. The third-order valence-electron chi connectivity index (χ3n) is 1.53. The molecular formula is C10H12N2O3. The predicted molar refractivity (Wildman–Crippen MR) is 54.4 cm³/mol. The first-order valence-electron chi connectivity index (χ1n) is 4.58. The van der Waals surface area contributed by atoms with E-state index >= 15 is 0 Å². The van der Waals surface area contributed by atoms with Gasteiger partial charge in [0.25, 0.3) is 6.01 Å². The summed E-state index contributed by atoms with van der Waals surface area (Å²) in [5.74, 6) is 1.97. The Bertz CT molecular complexity index is 365. The van der Waals surface area contributed by atoms with Crippen molar-refractivity contribution in [3.63, 3.8) is 0 Å². The van der Waals surface area contributed by atoms with Gasteiger partial charge in [-0.1, -0.05) is 0 Å². The number of hydrogen-bond acceptors (Lipinski definition) is 5. The lowest BCUT2D eigenvalue weighted by molar-refractivity contribution is 0.0519. The van der Waals surface area contributed by atoms with Crippen molar-refractivity contribution in [1.82, 2.24) is 4.98 Å². The lowest BCUT2D eigenvalue weighted by atomic mass is 10.4. The normalized spacial score (nSPS) is 9.33. The number of carbonyl (C=O) groups is 1. The van der Waals surface area contributed by atoms with E-state index < -0.39 is 5.97 Å². The van der Waals surface area contributed by atoms with Gasteiger partial charge in [0.05, 0.1) is 6.61 Å². The monoisotopic (exact) mass is 208 g/mol. The van der Waals surface area contributed by atoms with Gasteiger partial charge in [0.15, 0.2) is 5.69 Å². The Kier molecular flexibility index (Phi) is 4.23. The van der Waals surface area contributed by atoms with E-state index in [0.717, 1.165) is 0 Å². The number of terminal acetylenes is 1. The van der Waals surface area contributed by atoms with E-state index in [2.05, 4.69) is 16.2 Å². The summed E-state index contributed by atoms with van der Waals surface area (Å²) in [4.78, 5) is 15.1. The van der Waals surface area contributed by atoms with Crippen molar-refractivity contribution in [2.24, 2.45) is 0 Å².